The average Bonchev–Trinajstić information content (AvgIpc) is 2.28. The minimum Gasteiger partial charge on any atom is -0.381 e. The topological polar surface area (TPSA) is 97.8 Å². The zero-order valence-corrected chi connectivity index (χ0v) is 6.51. The Balaban J connectivity index is 3.05. The van der Waals surface area contributed by atoms with Crippen LogP contribution >= 0.6 is 0 Å². The molecule has 5 nitrogen and oxygen atoms in total. The van der Waals surface area contributed by atoms with Crippen LogP contribution < -0.4 is 11.5 Å². The fourth-order valence-electron chi connectivity index (χ4n) is 0.730. The first-order chi connectivity index (χ1) is 5.61. The van der Waals surface area contributed by atoms with Crippen molar-refractivity contribution in [3.63, 3.8) is 0 Å². The van der Waals surface area contributed by atoms with Crippen LogP contribution in [-0.4, -0.2) is 16.1 Å². The monoisotopic (exact) mass is 164 g/mol. The third-order valence-electron chi connectivity index (χ3n) is 1.29. The number of amides is 1. The summed E-state index contributed by atoms with van der Waals surface area (Å²) in [6.45, 7) is 1.76. The highest BCUT2D eigenvalue weighted by molar-refractivity contribution is 5.92. The molecular formula is C7H8N4O. The van der Waals surface area contributed by atoms with E-state index in [2.05, 4.69) is 22.0 Å². The molecule has 62 valence electrons. The minimum atomic E-state index is -0.685. The summed E-state index contributed by atoms with van der Waals surface area (Å²) in [6, 6.07) is 0. The van der Waals surface area contributed by atoms with E-state index in [1.54, 1.807) is 6.92 Å². The molecule has 0 saturated carbocycles. The fraction of sp³-hybridized carbons (Fsp3) is 0.143. The van der Waals surface area contributed by atoms with Gasteiger partial charge in [0.05, 0.1) is 11.3 Å². The molecule has 0 aromatic carbocycles. The molecular weight excluding hydrogens is 156 g/mol. The Labute approximate surface area is 69.1 Å². The number of aromatic amines is 1. The number of carbonyl (C=O) groups excluding carboxylic acids is 1. The summed E-state index contributed by atoms with van der Waals surface area (Å²) in [7, 11) is 0. The van der Waals surface area contributed by atoms with E-state index in [-0.39, 0.29) is 5.82 Å². The zero-order valence-electron chi connectivity index (χ0n) is 6.51. The van der Waals surface area contributed by atoms with Crippen molar-refractivity contribution in [2.75, 3.05) is 5.73 Å². The van der Waals surface area contributed by atoms with E-state index in [4.69, 9.17) is 11.5 Å². The van der Waals surface area contributed by atoms with Gasteiger partial charge in [0.25, 0.3) is 5.91 Å². The number of aromatic nitrogens is 2. The van der Waals surface area contributed by atoms with Crippen molar-refractivity contribution in [3.8, 4) is 11.8 Å². The summed E-state index contributed by atoms with van der Waals surface area (Å²) in [5.41, 5.74) is 11.5. The zero-order chi connectivity index (χ0) is 9.14. The molecule has 5 heteroatoms. The van der Waals surface area contributed by atoms with Crippen molar-refractivity contribution in [2.24, 2.45) is 5.73 Å². The second kappa shape index (κ2) is 2.96. The summed E-state index contributed by atoms with van der Waals surface area (Å²) in [6.07, 6.45) is 0. The van der Waals surface area contributed by atoms with Crippen molar-refractivity contribution < 1.29 is 4.79 Å². The van der Waals surface area contributed by atoms with Crippen LogP contribution in [0.4, 0.5) is 5.82 Å². The second-order valence-electron chi connectivity index (χ2n) is 2.22. The van der Waals surface area contributed by atoms with Gasteiger partial charge in [0.1, 0.15) is 0 Å². The number of rotatable bonds is 0. The van der Waals surface area contributed by atoms with Gasteiger partial charge in [0, 0.05) is 5.92 Å². The molecule has 0 aliphatic rings. The van der Waals surface area contributed by atoms with Crippen LogP contribution in [0.1, 0.15) is 11.3 Å². The van der Waals surface area contributed by atoms with Crippen LogP contribution in [0.5, 0.6) is 0 Å². The summed E-state index contributed by atoms with van der Waals surface area (Å²) in [4.78, 5) is 10.3. The van der Waals surface area contributed by atoms with Gasteiger partial charge in [-0.3, -0.25) is 9.89 Å². The van der Waals surface area contributed by atoms with E-state index < -0.39 is 5.91 Å². The van der Waals surface area contributed by atoms with E-state index >= 15 is 0 Å². The quantitative estimate of drug-likeness (QED) is 0.435. The van der Waals surface area contributed by atoms with E-state index in [9.17, 15) is 4.79 Å². The van der Waals surface area contributed by atoms with Gasteiger partial charge in [-0.05, 0) is 6.92 Å². The first-order valence-electron chi connectivity index (χ1n) is 3.23. The molecule has 0 bridgehead atoms. The average molecular weight is 164 g/mol. The molecule has 0 radical (unpaired) electrons. The molecule has 0 aliphatic carbocycles. The van der Waals surface area contributed by atoms with Crippen LogP contribution in [0.2, 0.25) is 0 Å². The molecule has 1 aromatic heterocycles. The van der Waals surface area contributed by atoms with E-state index in [0.29, 0.717) is 5.56 Å². The maximum atomic E-state index is 10.3. The number of nitrogens with two attached hydrogens (primary N) is 2. The lowest BCUT2D eigenvalue weighted by Gasteiger charge is -1.85. The van der Waals surface area contributed by atoms with E-state index in [0.717, 1.165) is 5.69 Å². The molecule has 5 N–H and O–H groups in total. The second-order valence-corrected chi connectivity index (χ2v) is 2.22. The molecule has 0 unspecified atom stereocenters. The maximum absolute atomic E-state index is 10.3. The Kier molecular flexibility index (Phi) is 2.01. The van der Waals surface area contributed by atoms with Crippen molar-refractivity contribution in [1.82, 2.24) is 10.2 Å². The van der Waals surface area contributed by atoms with Gasteiger partial charge in [-0.15, -0.1) is 0 Å². The Morgan fingerprint density at radius 3 is 2.75 bits per heavy atom. The van der Waals surface area contributed by atoms with Crippen LogP contribution in [0.25, 0.3) is 0 Å². The number of H-pyrrole nitrogens is 1. The van der Waals surface area contributed by atoms with E-state index in [1.807, 2.05) is 0 Å². The first-order valence-corrected chi connectivity index (χ1v) is 3.23. The predicted molar refractivity (Wildman–Crippen MR) is 43.8 cm³/mol. The highest BCUT2D eigenvalue weighted by Crippen LogP contribution is 2.09. The molecule has 1 amide bonds. The number of hydrogen-bond acceptors (Lipinski definition) is 3. The minimum absolute atomic E-state index is 0.279. The molecule has 12 heavy (non-hydrogen) atoms. The summed E-state index contributed by atoms with van der Waals surface area (Å²) in [5.74, 6) is 4.29. The highest BCUT2D eigenvalue weighted by Gasteiger charge is 2.02. The Morgan fingerprint density at radius 2 is 2.33 bits per heavy atom. The molecule has 0 fully saturated rings. The largest absolute Gasteiger partial charge is 0.381 e. The van der Waals surface area contributed by atoms with Gasteiger partial charge < -0.3 is 11.5 Å². The lowest BCUT2D eigenvalue weighted by Crippen LogP contribution is -2.06. The van der Waals surface area contributed by atoms with E-state index in [1.165, 1.54) is 0 Å². The third kappa shape index (κ3) is 1.55. The van der Waals surface area contributed by atoms with Gasteiger partial charge in [-0.25, -0.2) is 0 Å². The number of nitrogens with zero attached hydrogens (tertiary/aromatic N) is 1. The molecule has 0 atom stereocenters. The smallest absolute Gasteiger partial charge is 0.293 e. The van der Waals surface area contributed by atoms with Crippen LogP contribution in [0.15, 0.2) is 0 Å². The predicted octanol–water partition coefficient (Wildman–Crippen LogP) is -0.863. The maximum Gasteiger partial charge on any atom is 0.293 e. The van der Waals surface area contributed by atoms with Gasteiger partial charge in [0.15, 0.2) is 5.82 Å². The van der Waals surface area contributed by atoms with Crippen LogP contribution in [0, 0.1) is 18.8 Å². The Morgan fingerprint density at radius 1 is 1.67 bits per heavy atom. The van der Waals surface area contributed by atoms with Crippen molar-refractivity contribution >= 4 is 11.7 Å². The Bertz CT molecular complexity index is 349. The lowest BCUT2D eigenvalue weighted by atomic mass is 10.2. The number of carbonyl (C=O) groups is 1. The lowest BCUT2D eigenvalue weighted by molar-refractivity contribution is -0.112. The SMILES string of the molecule is Cc1[nH]nc(N)c1C#CC(N)=O. The number of aryl methyl sites for hydroxylation is 1. The molecule has 1 heterocycles. The van der Waals surface area contributed by atoms with Crippen molar-refractivity contribution in [2.45, 2.75) is 6.92 Å². The number of nitrogen functional groups attached to an aromatic ring is 1. The van der Waals surface area contributed by atoms with Crippen LogP contribution in [-0.2, 0) is 4.79 Å². The number of anilines is 1. The molecule has 1 rings (SSSR count). The number of hydrogen-bond donors (Lipinski definition) is 3. The van der Waals surface area contributed by atoms with Gasteiger partial charge >= 0.3 is 0 Å². The summed E-state index contributed by atoms with van der Waals surface area (Å²) >= 11 is 0. The van der Waals surface area contributed by atoms with Crippen molar-refractivity contribution in [1.29, 1.82) is 0 Å². The summed E-state index contributed by atoms with van der Waals surface area (Å²) in [5, 5.41) is 6.32. The molecule has 0 spiro atoms. The molecule has 0 aliphatic heterocycles. The number of nitrogens with one attached hydrogen (secondary N) is 1. The number of primary amides is 1. The molecule has 0 saturated heterocycles. The first kappa shape index (κ1) is 8.14. The normalized spacial score (nSPS) is 8.75. The fourth-order valence-corrected chi connectivity index (χ4v) is 0.730. The van der Waals surface area contributed by atoms with Crippen molar-refractivity contribution in [3.05, 3.63) is 11.3 Å². The summed E-state index contributed by atoms with van der Waals surface area (Å²) < 4.78 is 0. The molecule has 1 aromatic rings. The van der Waals surface area contributed by atoms with Crippen LogP contribution in [0.3, 0.4) is 0 Å². The van der Waals surface area contributed by atoms with Gasteiger partial charge in [-0.1, -0.05) is 5.92 Å². The Hall–Kier alpha value is -1.96. The third-order valence-corrected chi connectivity index (χ3v) is 1.29. The standard InChI is InChI=1S/C7H8N4O/c1-4-5(2-3-6(8)12)7(9)11-10-4/h1H3,(H2,8,12)(H3,9,10,11). The van der Waals surface area contributed by atoms with Gasteiger partial charge in [0.2, 0.25) is 0 Å². The highest BCUT2D eigenvalue weighted by atomic mass is 16.1. The van der Waals surface area contributed by atoms with Gasteiger partial charge in [-0.2, -0.15) is 5.10 Å².